The summed E-state index contributed by atoms with van der Waals surface area (Å²) in [6.45, 7) is 8.43. The highest BCUT2D eigenvalue weighted by atomic mass is 16.6. The number of urea groups is 2. The summed E-state index contributed by atoms with van der Waals surface area (Å²) in [6, 6.07) is 27.4. The molecular weight excluding hydrogens is 745 g/mol. The summed E-state index contributed by atoms with van der Waals surface area (Å²) in [7, 11) is 3.35. The van der Waals surface area contributed by atoms with Crippen molar-refractivity contribution in [2.24, 2.45) is 11.8 Å². The van der Waals surface area contributed by atoms with Crippen LogP contribution in [0.4, 0.5) is 9.59 Å². The molecule has 4 aromatic rings. The molecule has 8 atom stereocenters. The second kappa shape index (κ2) is 21.8. The molecule has 6 amide bonds. The lowest BCUT2D eigenvalue weighted by Crippen LogP contribution is -2.57. The van der Waals surface area contributed by atoms with Gasteiger partial charge in [0.2, 0.25) is 11.8 Å². The fourth-order valence-corrected chi connectivity index (χ4v) is 7.07. The summed E-state index contributed by atoms with van der Waals surface area (Å²) in [4.78, 5) is 67.1. The van der Waals surface area contributed by atoms with Crippen LogP contribution in [-0.4, -0.2) is 94.1 Å². The van der Waals surface area contributed by atoms with Crippen LogP contribution in [0.5, 0.6) is 0 Å². The molecule has 1 saturated heterocycles. The highest BCUT2D eigenvalue weighted by molar-refractivity contribution is 5.88. The Balaban J connectivity index is 1.34. The zero-order valence-corrected chi connectivity index (χ0v) is 35.1. The van der Waals surface area contributed by atoms with Crippen molar-refractivity contribution in [3.63, 3.8) is 0 Å². The zero-order chi connectivity index (χ0) is 42.3. The first-order chi connectivity index (χ1) is 28.5. The van der Waals surface area contributed by atoms with Crippen LogP contribution in [0.15, 0.2) is 109 Å². The zero-order valence-electron chi connectivity index (χ0n) is 35.1. The minimum Gasteiger partial charge on any atom is -0.365 e. The number of ether oxygens (including phenoxy) is 1. The van der Waals surface area contributed by atoms with Crippen molar-refractivity contribution in [3.05, 3.63) is 132 Å². The average Bonchev–Trinajstić information content (AvgIpc) is 4.06. The van der Waals surface area contributed by atoms with Crippen LogP contribution in [0.3, 0.4) is 0 Å². The highest BCUT2D eigenvalue weighted by Crippen LogP contribution is 2.32. The SMILES string of the molecule is CC[C@H](C)[C@H](NC(=O)N(C)Cc1ccccn1)C(=O)N[C@@H](Cc1ccccc1)[C@@H]1O[C@@H]1[C@H](Cc1ccccc1)NC(=O)[C@@H](NC(=O)N(C)Cc1ccccn1)[C@@H](C)CC. The molecule has 0 saturated carbocycles. The van der Waals surface area contributed by atoms with E-state index in [-0.39, 0.29) is 48.8 Å². The van der Waals surface area contributed by atoms with E-state index in [9.17, 15) is 19.2 Å². The Hall–Kier alpha value is -5.82. The Morgan fingerprint density at radius 2 is 0.949 bits per heavy atom. The van der Waals surface area contributed by atoms with Crippen molar-refractivity contribution in [2.75, 3.05) is 14.1 Å². The standard InChI is InChI=1S/C46H60N8O5/c1-7-31(3)39(51-45(57)53(5)29-35-23-15-17-25-47-35)43(55)49-37(27-33-19-11-9-12-20-33)41-42(59-41)38(28-34-21-13-10-14-22-34)50-44(56)40(32(4)8-2)52-46(58)54(6)30-36-24-16-18-26-48-36/h9-26,31-32,37-42H,7-8,27-30H2,1-6H3,(H,49,55)(H,50,56)(H,51,57)(H,52,58)/t31-,32-,37-,38-,39-,40-,41-,42+/m0/s1. The second-order valence-electron chi connectivity index (χ2n) is 15.7. The van der Waals surface area contributed by atoms with Gasteiger partial charge in [0.1, 0.15) is 24.3 Å². The number of pyridine rings is 2. The first kappa shape index (κ1) is 44.3. The molecule has 314 valence electrons. The Morgan fingerprint density at radius 1 is 0.576 bits per heavy atom. The van der Waals surface area contributed by atoms with Gasteiger partial charge < -0.3 is 35.8 Å². The average molecular weight is 805 g/mol. The Labute approximate surface area is 348 Å². The molecule has 2 aromatic carbocycles. The highest BCUT2D eigenvalue weighted by Gasteiger charge is 2.51. The maximum absolute atomic E-state index is 14.3. The van der Waals surface area contributed by atoms with Gasteiger partial charge in [0.25, 0.3) is 0 Å². The fraction of sp³-hybridized carbons (Fsp3) is 0.435. The van der Waals surface area contributed by atoms with Gasteiger partial charge >= 0.3 is 12.1 Å². The molecule has 0 radical (unpaired) electrons. The van der Waals surface area contributed by atoms with Crippen LogP contribution >= 0.6 is 0 Å². The van der Waals surface area contributed by atoms with Gasteiger partial charge in [-0.1, -0.05) is 113 Å². The number of carbonyl (C=O) groups excluding carboxylic acids is 4. The van der Waals surface area contributed by atoms with Gasteiger partial charge in [-0.05, 0) is 60.1 Å². The van der Waals surface area contributed by atoms with Gasteiger partial charge in [0.15, 0.2) is 0 Å². The van der Waals surface area contributed by atoms with E-state index >= 15 is 0 Å². The summed E-state index contributed by atoms with van der Waals surface area (Å²) in [6.07, 6.45) is 4.71. The van der Waals surface area contributed by atoms with Crippen molar-refractivity contribution in [2.45, 2.75) is 103 Å². The molecule has 13 nitrogen and oxygen atoms in total. The number of carbonyl (C=O) groups is 4. The maximum Gasteiger partial charge on any atom is 0.318 e. The molecule has 0 unspecified atom stereocenters. The van der Waals surface area contributed by atoms with Gasteiger partial charge in [-0.15, -0.1) is 0 Å². The molecule has 1 fully saturated rings. The molecule has 59 heavy (non-hydrogen) atoms. The van der Waals surface area contributed by atoms with Gasteiger partial charge in [-0.25, -0.2) is 9.59 Å². The number of benzene rings is 2. The number of rotatable bonds is 20. The maximum atomic E-state index is 14.3. The fourth-order valence-electron chi connectivity index (χ4n) is 7.07. The first-order valence-corrected chi connectivity index (χ1v) is 20.6. The monoisotopic (exact) mass is 804 g/mol. The molecule has 0 spiro atoms. The molecule has 0 bridgehead atoms. The van der Waals surface area contributed by atoms with E-state index in [0.29, 0.717) is 25.7 Å². The number of hydrogen-bond donors (Lipinski definition) is 4. The molecule has 1 aliphatic heterocycles. The Bertz CT molecular complexity index is 1780. The van der Waals surface area contributed by atoms with E-state index in [1.807, 2.05) is 125 Å². The number of nitrogens with zero attached hydrogens (tertiary/aromatic N) is 4. The summed E-state index contributed by atoms with van der Waals surface area (Å²) < 4.78 is 6.46. The summed E-state index contributed by atoms with van der Waals surface area (Å²) in [5, 5.41) is 12.5. The van der Waals surface area contributed by atoms with E-state index in [1.165, 1.54) is 9.80 Å². The lowest BCUT2D eigenvalue weighted by molar-refractivity contribution is -0.125. The smallest absolute Gasteiger partial charge is 0.318 e. The van der Waals surface area contributed by atoms with Gasteiger partial charge in [0, 0.05) is 26.5 Å². The predicted octanol–water partition coefficient (Wildman–Crippen LogP) is 5.51. The molecule has 0 aliphatic carbocycles. The van der Waals surface area contributed by atoms with E-state index in [1.54, 1.807) is 26.5 Å². The number of nitrogens with one attached hydrogen (secondary N) is 4. The first-order valence-electron chi connectivity index (χ1n) is 20.6. The third-order valence-electron chi connectivity index (χ3n) is 11.1. The quantitative estimate of drug-likeness (QED) is 0.0858. The van der Waals surface area contributed by atoms with Crippen molar-refractivity contribution in [1.82, 2.24) is 41.0 Å². The van der Waals surface area contributed by atoms with Crippen LogP contribution in [0.2, 0.25) is 0 Å². The Kier molecular flexibility index (Phi) is 16.4. The van der Waals surface area contributed by atoms with Crippen molar-refractivity contribution in [1.29, 1.82) is 0 Å². The normalized spacial score (nSPS) is 17.5. The minimum absolute atomic E-state index is 0.170. The molecule has 13 heteroatoms. The molecule has 1 aliphatic rings. The van der Waals surface area contributed by atoms with E-state index in [2.05, 4.69) is 31.2 Å². The van der Waals surface area contributed by atoms with Crippen molar-refractivity contribution in [3.8, 4) is 0 Å². The number of amides is 6. The lowest BCUT2D eigenvalue weighted by atomic mass is 9.93. The predicted molar refractivity (Wildman–Crippen MR) is 228 cm³/mol. The molecular formula is C46H60N8O5. The summed E-state index contributed by atoms with van der Waals surface area (Å²) in [5.41, 5.74) is 3.48. The molecule has 3 heterocycles. The Morgan fingerprint density at radius 3 is 1.29 bits per heavy atom. The van der Waals surface area contributed by atoms with Crippen LogP contribution in [0.25, 0.3) is 0 Å². The van der Waals surface area contributed by atoms with E-state index in [4.69, 9.17) is 4.74 Å². The van der Waals surface area contributed by atoms with Crippen LogP contribution in [0, 0.1) is 11.8 Å². The van der Waals surface area contributed by atoms with Crippen LogP contribution < -0.4 is 21.3 Å². The molecule has 5 rings (SSSR count). The number of hydrogen-bond acceptors (Lipinski definition) is 7. The van der Waals surface area contributed by atoms with E-state index in [0.717, 1.165) is 22.5 Å². The van der Waals surface area contributed by atoms with Crippen LogP contribution in [-0.2, 0) is 40.3 Å². The minimum atomic E-state index is -0.815. The number of epoxide rings is 1. The molecule has 2 aromatic heterocycles. The van der Waals surface area contributed by atoms with E-state index < -0.39 is 36.4 Å². The summed E-state index contributed by atoms with van der Waals surface area (Å²) >= 11 is 0. The third kappa shape index (κ3) is 13.1. The van der Waals surface area contributed by atoms with Gasteiger partial charge in [-0.3, -0.25) is 19.6 Å². The second-order valence-corrected chi connectivity index (χ2v) is 15.7. The molecule has 4 N–H and O–H groups in total. The lowest BCUT2D eigenvalue weighted by Gasteiger charge is -2.29. The van der Waals surface area contributed by atoms with Gasteiger partial charge in [0.05, 0.1) is 36.6 Å². The van der Waals surface area contributed by atoms with Crippen molar-refractivity contribution >= 4 is 23.9 Å². The topological polar surface area (TPSA) is 161 Å². The largest absolute Gasteiger partial charge is 0.365 e. The van der Waals surface area contributed by atoms with Crippen molar-refractivity contribution < 1.29 is 23.9 Å². The summed E-state index contributed by atoms with van der Waals surface area (Å²) in [5.74, 6) is -0.966. The van der Waals surface area contributed by atoms with Gasteiger partial charge in [-0.2, -0.15) is 0 Å². The number of aromatic nitrogens is 2. The van der Waals surface area contributed by atoms with Crippen LogP contribution in [0.1, 0.15) is 63.1 Å². The third-order valence-corrected chi connectivity index (χ3v) is 11.1.